The zero-order valence-electron chi connectivity index (χ0n) is 16.2. The van der Waals surface area contributed by atoms with Crippen molar-refractivity contribution in [3.8, 4) is 17.0 Å². The number of amides is 1. The summed E-state index contributed by atoms with van der Waals surface area (Å²) in [6.45, 7) is 0.634. The Labute approximate surface area is 177 Å². The molecule has 0 unspecified atom stereocenters. The van der Waals surface area contributed by atoms with Crippen molar-refractivity contribution in [2.75, 3.05) is 25.5 Å². The van der Waals surface area contributed by atoms with Gasteiger partial charge >= 0.3 is 0 Å². The van der Waals surface area contributed by atoms with Crippen LogP contribution in [0.4, 0.5) is 10.1 Å². The Morgan fingerprint density at radius 2 is 2.07 bits per heavy atom. The van der Waals surface area contributed by atoms with Crippen LogP contribution in [0, 0.1) is 5.82 Å². The number of anilines is 1. The lowest BCUT2D eigenvalue weighted by Gasteiger charge is -2.13. The van der Waals surface area contributed by atoms with Gasteiger partial charge in [-0.05, 0) is 58.7 Å². The second-order valence-electron chi connectivity index (χ2n) is 6.45. The molecule has 0 fully saturated rings. The van der Waals surface area contributed by atoms with Crippen molar-refractivity contribution in [1.29, 1.82) is 0 Å². The molecule has 1 heterocycles. The summed E-state index contributed by atoms with van der Waals surface area (Å²) < 4.78 is 21.6. The van der Waals surface area contributed by atoms with E-state index in [1.165, 1.54) is 6.07 Å². The first-order valence-electron chi connectivity index (χ1n) is 9.09. The van der Waals surface area contributed by atoms with Crippen LogP contribution in [-0.4, -0.2) is 35.9 Å². The number of nitrogens with one attached hydrogen (secondary N) is 2. The van der Waals surface area contributed by atoms with Crippen molar-refractivity contribution in [2.24, 2.45) is 7.05 Å². The molecule has 1 amide bonds. The monoisotopic (exact) mass is 460 g/mol. The van der Waals surface area contributed by atoms with Gasteiger partial charge in [0.1, 0.15) is 11.6 Å². The SMILES string of the molecule is COc1ccc(NC(=O)CNCCc2ccccc2F)cc1-c1c(Br)cnn1C. The molecule has 0 saturated heterocycles. The Hall–Kier alpha value is -2.71. The number of halogens is 2. The maximum Gasteiger partial charge on any atom is 0.238 e. The highest BCUT2D eigenvalue weighted by Gasteiger charge is 2.15. The van der Waals surface area contributed by atoms with Crippen molar-refractivity contribution >= 4 is 27.5 Å². The van der Waals surface area contributed by atoms with Crippen LogP contribution in [0.3, 0.4) is 0 Å². The second-order valence-corrected chi connectivity index (χ2v) is 7.30. The molecular weight excluding hydrogens is 439 g/mol. The average molecular weight is 461 g/mol. The third kappa shape index (κ3) is 5.21. The molecule has 8 heteroatoms. The first-order chi connectivity index (χ1) is 14.0. The minimum atomic E-state index is -0.231. The van der Waals surface area contributed by atoms with Gasteiger partial charge in [0, 0.05) is 18.3 Å². The number of hydrogen-bond acceptors (Lipinski definition) is 4. The van der Waals surface area contributed by atoms with E-state index >= 15 is 0 Å². The van der Waals surface area contributed by atoms with E-state index in [0.29, 0.717) is 30.0 Å². The highest BCUT2D eigenvalue weighted by Crippen LogP contribution is 2.36. The summed E-state index contributed by atoms with van der Waals surface area (Å²) in [6.07, 6.45) is 2.22. The Kier molecular flexibility index (Phi) is 7.00. The Morgan fingerprint density at radius 1 is 1.28 bits per heavy atom. The topological polar surface area (TPSA) is 68.2 Å². The van der Waals surface area contributed by atoms with Crippen molar-refractivity contribution < 1.29 is 13.9 Å². The van der Waals surface area contributed by atoms with E-state index in [2.05, 4.69) is 31.7 Å². The molecule has 0 aliphatic carbocycles. The number of ether oxygens (including phenoxy) is 1. The molecule has 0 atom stereocenters. The minimum Gasteiger partial charge on any atom is -0.496 e. The van der Waals surface area contributed by atoms with E-state index in [1.54, 1.807) is 48.3 Å². The van der Waals surface area contributed by atoms with Gasteiger partial charge in [-0.15, -0.1) is 0 Å². The number of carbonyl (C=O) groups excluding carboxylic acids is 1. The van der Waals surface area contributed by atoms with Crippen LogP contribution in [0.1, 0.15) is 5.56 Å². The van der Waals surface area contributed by atoms with Crippen LogP contribution in [0.25, 0.3) is 11.3 Å². The Balaban J connectivity index is 1.60. The van der Waals surface area contributed by atoms with Gasteiger partial charge in [-0.25, -0.2) is 4.39 Å². The van der Waals surface area contributed by atoms with Gasteiger partial charge in [0.05, 0.1) is 30.0 Å². The molecule has 0 aliphatic heterocycles. The first-order valence-corrected chi connectivity index (χ1v) is 9.88. The molecule has 1 aromatic heterocycles. The molecule has 2 N–H and O–H groups in total. The van der Waals surface area contributed by atoms with Gasteiger partial charge in [0.15, 0.2) is 0 Å². The summed E-state index contributed by atoms with van der Waals surface area (Å²) in [5.74, 6) is 0.264. The smallest absolute Gasteiger partial charge is 0.238 e. The normalized spacial score (nSPS) is 10.8. The molecule has 0 radical (unpaired) electrons. The first kappa shape index (κ1) is 21.0. The van der Waals surface area contributed by atoms with Gasteiger partial charge < -0.3 is 15.4 Å². The molecule has 6 nitrogen and oxygen atoms in total. The highest BCUT2D eigenvalue weighted by atomic mass is 79.9. The van der Waals surface area contributed by atoms with Crippen LogP contribution in [0.15, 0.2) is 53.1 Å². The van der Waals surface area contributed by atoms with Crippen molar-refractivity contribution in [3.63, 3.8) is 0 Å². The number of carbonyl (C=O) groups is 1. The fraction of sp³-hybridized carbons (Fsp3) is 0.238. The van der Waals surface area contributed by atoms with E-state index in [0.717, 1.165) is 15.7 Å². The zero-order chi connectivity index (χ0) is 20.8. The Bertz CT molecular complexity index is 987. The van der Waals surface area contributed by atoms with E-state index in [-0.39, 0.29) is 18.3 Å². The maximum atomic E-state index is 13.6. The van der Waals surface area contributed by atoms with E-state index in [4.69, 9.17) is 4.74 Å². The highest BCUT2D eigenvalue weighted by molar-refractivity contribution is 9.10. The minimum absolute atomic E-state index is 0.130. The molecule has 3 aromatic rings. The van der Waals surface area contributed by atoms with E-state index in [1.807, 2.05) is 13.1 Å². The largest absolute Gasteiger partial charge is 0.496 e. The van der Waals surface area contributed by atoms with Gasteiger partial charge in [-0.3, -0.25) is 9.48 Å². The summed E-state index contributed by atoms with van der Waals surface area (Å²) in [6, 6.07) is 12.1. The number of rotatable bonds is 8. The van der Waals surface area contributed by atoms with Gasteiger partial charge in [-0.1, -0.05) is 18.2 Å². The van der Waals surface area contributed by atoms with Crippen molar-refractivity contribution in [3.05, 3.63) is 64.5 Å². The second kappa shape index (κ2) is 9.67. The van der Waals surface area contributed by atoms with Crippen LogP contribution < -0.4 is 15.4 Å². The predicted octanol–water partition coefficient (Wildman–Crippen LogP) is 3.77. The summed E-state index contributed by atoms with van der Waals surface area (Å²) in [5, 5.41) is 10.1. The molecule has 0 saturated carbocycles. The van der Waals surface area contributed by atoms with Crippen LogP contribution in [0.5, 0.6) is 5.75 Å². The number of hydrogen-bond donors (Lipinski definition) is 2. The number of aromatic nitrogens is 2. The lowest BCUT2D eigenvalue weighted by Crippen LogP contribution is -2.29. The summed E-state index contributed by atoms with van der Waals surface area (Å²) in [7, 11) is 3.44. The maximum absolute atomic E-state index is 13.6. The van der Waals surface area contributed by atoms with Crippen LogP contribution in [-0.2, 0) is 18.3 Å². The zero-order valence-corrected chi connectivity index (χ0v) is 17.8. The molecule has 0 bridgehead atoms. The van der Waals surface area contributed by atoms with Crippen LogP contribution >= 0.6 is 15.9 Å². The standard InChI is InChI=1S/C21H22BrFN4O2/c1-27-21(17(22)12-25-27)16-11-15(7-8-19(16)29-2)26-20(28)13-24-10-9-14-5-3-4-6-18(14)23/h3-8,11-12,24H,9-10,13H2,1-2H3,(H,26,28). The molecule has 0 spiro atoms. The molecule has 152 valence electrons. The fourth-order valence-electron chi connectivity index (χ4n) is 3.02. The summed E-state index contributed by atoms with van der Waals surface area (Å²) in [4.78, 5) is 12.3. The molecule has 3 rings (SSSR count). The van der Waals surface area contributed by atoms with Gasteiger partial charge in [-0.2, -0.15) is 5.10 Å². The molecular formula is C21H22BrFN4O2. The lowest BCUT2D eigenvalue weighted by atomic mass is 10.1. The average Bonchev–Trinajstić information content (AvgIpc) is 3.04. The van der Waals surface area contributed by atoms with Crippen molar-refractivity contribution in [2.45, 2.75) is 6.42 Å². The number of methoxy groups -OCH3 is 1. The Morgan fingerprint density at radius 3 is 2.76 bits per heavy atom. The molecule has 29 heavy (non-hydrogen) atoms. The quantitative estimate of drug-likeness (QED) is 0.502. The van der Waals surface area contributed by atoms with Crippen LogP contribution in [0.2, 0.25) is 0 Å². The van der Waals surface area contributed by atoms with E-state index in [9.17, 15) is 9.18 Å². The summed E-state index contributed by atoms with van der Waals surface area (Å²) >= 11 is 3.50. The van der Waals surface area contributed by atoms with Gasteiger partial charge in [0.25, 0.3) is 0 Å². The molecule has 2 aromatic carbocycles. The lowest BCUT2D eigenvalue weighted by molar-refractivity contribution is -0.115. The van der Waals surface area contributed by atoms with Crippen molar-refractivity contribution in [1.82, 2.24) is 15.1 Å². The summed E-state index contributed by atoms with van der Waals surface area (Å²) in [5.41, 5.74) is 2.93. The third-order valence-electron chi connectivity index (χ3n) is 4.45. The van der Waals surface area contributed by atoms with E-state index < -0.39 is 0 Å². The predicted molar refractivity (Wildman–Crippen MR) is 114 cm³/mol. The van der Waals surface area contributed by atoms with Gasteiger partial charge in [0.2, 0.25) is 5.91 Å². The number of benzene rings is 2. The third-order valence-corrected chi connectivity index (χ3v) is 5.03. The fourth-order valence-corrected chi connectivity index (χ4v) is 3.58. The number of aryl methyl sites for hydroxylation is 1. The molecule has 0 aliphatic rings. The number of nitrogens with zero attached hydrogens (tertiary/aromatic N) is 2.